The Hall–Kier alpha value is -3.00. The van der Waals surface area contributed by atoms with E-state index in [0.29, 0.717) is 25.8 Å². The third-order valence-electron chi connectivity index (χ3n) is 4.02. The van der Waals surface area contributed by atoms with Crippen LogP contribution in [0.3, 0.4) is 0 Å². The molecule has 0 fully saturated rings. The maximum absolute atomic E-state index is 12.9. The molecule has 1 rings (SSSR count). The van der Waals surface area contributed by atoms with E-state index in [9.17, 15) is 4.79 Å². The van der Waals surface area contributed by atoms with Crippen LogP contribution in [0.5, 0.6) is 0 Å². The molecule has 0 aromatic heterocycles. The zero-order chi connectivity index (χ0) is 20.4. The molecule has 0 bridgehead atoms. The minimum absolute atomic E-state index is 0.129. The summed E-state index contributed by atoms with van der Waals surface area (Å²) in [6, 6.07) is 0. The van der Waals surface area contributed by atoms with Gasteiger partial charge in [-0.2, -0.15) is 0 Å². The molecule has 1 unspecified atom stereocenters. The first-order chi connectivity index (χ1) is 13.1. The van der Waals surface area contributed by atoms with Crippen molar-refractivity contribution in [1.82, 2.24) is 5.32 Å². The van der Waals surface area contributed by atoms with Crippen LogP contribution in [0.25, 0.3) is 0 Å². The number of amides is 1. The standard InChI is InChI=1S/C20H28N4O.C2H2/c1-3-4-5-6-8-13-20(15-10-12-16-22-2)14-9-7-11-17-23-19(21)24-18(20)25;1-2/h3-4,6-8,10-12,17H,2,5,9,13-16H2,1H3,(H2,21,24,25);1-2H/b4-3-,8-6+,11-7-,12-10+,23-17-;. The average Bonchev–Trinajstić information content (AvgIpc) is 2.68. The molecule has 0 spiro atoms. The number of hydrogen-bond donors (Lipinski definition) is 2. The molecule has 0 aromatic rings. The molecule has 0 saturated carbocycles. The van der Waals surface area contributed by atoms with Gasteiger partial charge in [0.1, 0.15) is 0 Å². The normalized spacial score (nSPS) is 22.9. The largest absolute Gasteiger partial charge is 0.297 e. The first-order valence-corrected chi connectivity index (χ1v) is 8.91. The van der Waals surface area contributed by atoms with Gasteiger partial charge in [-0.05, 0) is 51.8 Å². The third-order valence-corrected chi connectivity index (χ3v) is 4.02. The van der Waals surface area contributed by atoms with Crippen LogP contribution in [0, 0.1) is 23.7 Å². The number of carbonyl (C=O) groups excluding carboxylic acids is 1. The van der Waals surface area contributed by atoms with Gasteiger partial charge in [0.2, 0.25) is 11.9 Å². The zero-order valence-corrected chi connectivity index (χ0v) is 16.1. The van der Waals surface area contributed by atoms with Gasteiger partial charge in [-0.25, -0.2) is 4.99 Å². The molecule has 0 radical (unpaired) electrons. The Bertz CT molecular complexity index is 638. The van der Waals surface area contributed by atoms with Crippen LogP contribution in [0.4, 0.5) is 0 Å². The van der Waals surface area contributed by atoms with Gasteiger partial charge in [0.25, 0.3) is 0 Å². The highest BCUT2D eigenvalue weighted by atomic mass is 16.2. The van der Waals surface area contributed by atoms with Crippen LogP contribution in [0.2, 0.25) is 0 Å². The predicted molar refractivity (Wildman–Crippen MR) is 116 cm³/mol. The Morgan fingerprint density at radius 2 is 2.00 bits per heavy atom. The van der Waals surface area contributed by atoms with Crippen LogP contribution in [0.15, 0.2) is 58.6 Å². The molecule has 1 aliphatic rings. The molecule has 144 valence electrons. The molecule has 5 nitrogen and oxygen atoms in total. The van der Waals surface area contributed by atoms with Crippen molar-refractivity contribution < 1.29 is 4.79 Å². The van der Waals surface area contributed by atoms with Crippen molar-refractivity contribution in [2.24, 2.45) is 15.4 Å². The fourth-order valence-corrected chi connectivity index (χ4v) is 2.57. The summed E-state index contributed by atoms with van der Waals surface area (Å²) in [5, 5.41) is 10.4. The number of nitrogens with one attached hydrogen (secondary N) is 2. The fraction of sp³-hybridized carbons (Fsp3) is 0.364. The van der Waals surface area contributed by atoms with E-state index in [1.165, 1.54) is 6.21 Å². The summed E-state index contributed by atoms with van der Waals surface area (Å²) in [4.78, 5) is 20.6. The average molecular weight is 367 g/mol. The van der Waals surface area contributed by atoms with Gasteiger partial charge >= 0.3 is 0 Å². The van der Waals surface area contributed by atoms with Crippen LogP contribution in [0.1, 0.15) is 39.0 Å². The summed E-state index contributed by atoms with van der Waals surface area (Å²) in [5.74, 6) is -0.285. The summed E-state index contributed by atoms with van der Waals surface area (Å²) >= 11 is 0. The Morgan fingerprint density at radius 3 is 2.67 bits per heavy atom. The van der Waals surface area contributed by atoms with Crippen molar-refractivity contribution in [3.05, 3.63) is 48.6 Å². The summed E-state index contributed by atoms with van der Waals surface area (Å²) < 4.78 is 0. The number of allylic oxidation sites excluding steroid dienone is 7. The Balaban J connectivity index is 0.00000326. The minimum Gasteiger partial charge on any atom is -0.297 e. The molecule has 1 aliphatic heterocycles. The molecule has 0 aromatic carbocycles. The van der Waals surface area contributed by atoms with Gasteiger partial charge in [-0.3, -0.25) is 20.5 Å². The molecular formula is C22H30N4O. The predicted octanol–water partition coefficient (Wildman–Crippen LogP) is 4.25. The number of carbonyl (C=O) groups is 1. The second kappa shape index (κ2) is 15.3. The second-order valence-corrected chi connectivity index (χ2v) is 5.89. The van der Waals surface area contributed by atoms with E-state index in [1.54, 1.807) is 0 Å². The summed E-state index contributed by atoms with van der Waals surface area (Å²) in [5.41, 5.74) is -0.604. The highest BCUT2D eigenvalue weighted by Crippen LogP contribution is 2.34. The summed E-state index contributed by atoms with van der Waals surface area (Å²) in [6.45, 7) is 5.99. The Kier molecular flexibility index (Phi) is 13.6. The van der Waals surface area contributed by atoms with Crippen LogP contribution in [-0.4, -0.2) is 31.3 Å². The molecule has 5 heteroatoms. The lowest BCUT2D eigenvalue weighted by Crippen LogP contribution is -2.43. The SMILES string of the molecule is C#C.C=NC/C=C/CC1(C/C=C/C/C=C\C)CC/C=C\C=N/C(=N)NC1=O. The topological polar surface area (TPSA) is 77.7 Å². The molecular weight excluding hydrogens is 336 g/mol. The van der Waals surface area contributed by atoms with Crippen molar-refractivity contribution in [1.29, 1.82) is 5.41 Å². The van der Waals surface area contributed by atoms with E-state index in [4.69, 9.17) is 5.41 Å². The lowest BCUT2D eigenvalue weighted by Gasteiger charge is -2.30. The number of terminal acetylenes is 1. The van der Waals surface area contributed by atoms with Crippen LogP contribution < -0.4 is 5.32 Å². The number of hydrogen-bond acceptors (Lipinski definition) is 3. The molecule has 2 N–H and O–H groups in total. The van der Waals surface area contributed by atoms with Gasteiger partial charge in [0.05, 0.1) is 12.0 Å². The second-order valence-electron chi connectivity index (χ2n) is 5.89. The number of nitrogens with zero attached hydrogens (tertiary/aromatic N) is 2. The van der Waals surface area contributed by atoms with E-state index in [-0.39, 0.29) is 11.9 Å². The van der Waals surface area contributed by atoms with Gasteiger partial charge in [0, 0.05) is 6.21 Å². The van der Waals surface area contributed by atoms with Gasteiger partial charge in [-0.15, -0.1) is 12.8 Å². The van der Waals surface area contributed by atoms with Crippen molar-refractivity contribution in [2.75, 3.05) is 6.54 Å². The van der Waals surface area contributed by atoms with Gasteiger partial charge in [-0.1, -0.05) is 42.5 Å². The molecule has 1 atom stereocenters. The molecule has 1 heterocycles. The third kappa shape index (κ3) is 9.91. The number of rotatable bonds is 8. The van der Waals surface area contributed by atoms with Gasteiger partial charge < -0.3 is 0 Å². The lowest BCUT2D eigenvalue weighted by atomic mass is 9.75. The minimum atomic E-state index is -0.604. The smallest absolute Gasteiger partial charge is 0.233 e. The van der Waals surface area contributed by atoms with E-state index in [0.717, 1.165) is 12.8 Å². The monoisotopic (exact) mass is 366 g/mol. The van der Waals surface area contributed by atoms with Crippen molar-refractivity contribution >= 4 is 24.8 Å². The quantitative estimate of drug-likeness (QED) is 0.376. The molecule has 1 amide bonds. The summed E-state index contributed by atoms with van der Waals surface area (Å²) in [7, 11) is 0. The number of aliphatic imine (C=N–C) groups is 2. The van der Waals surface area contributed by atoms with E-state index < -0.39 is 5.41 Å². The fourth-order valence-electron chi connectivity index (χ4n) is 2.57. The summed E-state index contributed by atoms with van der Waals surface area (Å²) in [6.07, 6.45) is 29.0. The van der Waals surface area contributed by atoms with E-state index in [1.807, 2.05) is 37.3 Å². The van der Waals surface area contributed by atoms with E-state index >= 15 is 0 Å². The zero-order valence-electron chi connectivity index (χ0n) is 16.1. The molecule has 0 aliphatic carbocycles. The number of guanidine groups is 1. The van der Waals surface area contributed by atoms with Crippen LogP contribution >= 0.6 is 0 Å². The van der Waals surface area contributed by atoms with Crippen LogP contribution in [-0.2, 0) is 4.79 Å². The Labute approximate surface area is 163 Å². The first-order valence-electron chi connectivity index (χ1n) is 8.91. The lowest BCUT2D eigenvalue weighted by molar-refractivity contribution is -0.129. The van der Waals surface area contributed by atoms with Gasteiger partial charge in [0.15, 0.2) is 0 Å². The molecule has 27 heavy (non-hydrogen) atoms. The maximum Gasteiger partial charge on any atom is 0.233 e. The first kappa shape index (κ1) is 24.0. The highest BCUT2D eigenvalue weighted by molar-refractivity contribution is 6.01. The molecule has 0 saturated heterocycles. The van der Waals surface area contributed by atoms with Crippen molar-refractivity contribution in [2.45, 2.75) is 39.0 Å². The highest BCUT2D eigenvalue weighted by Gasteiger charge is 2.36. The Morgan fingerprint density at radius 1 is 1.30 bits per heavy atom. The van der Waals surface area contributed by atoms with E-state index in [2.05, 4.69) is 53.1 Å². The van der Waals surface area contributed by atoms with Crippen molar-refractivity contribution in [3.63, 3.8) is 0 Å². The van der Waals surface area contributed by atoms with Crippen molar-refractivity contribution in [3.8, 4) is 12.8 Å². The maximum atomic E-state index is 12.9.